The molecule has 0 saturated heterocycles. The van der Waals surface area contributed by atoms with E-state index in [4.69, 9.17) is 0 Å². The van der Waals surface area contributed by atoms with Crippen LogP contribution in [-0.4, -0.2) is 9.55 Å². The SMILES string of the molecule is C=Cc1ncn(C)c1C=C.CC. The first-order valence-electron chi connectivity index (χ1n) is 4.05. The molecule has 0 N–H and O–H groups in total. The van der Waals surface area contributed by atoms with Crippen LogP contribution >= 0.6 is 0 Å². The van der Waals surface area contributed by atoms with Gasteiger partial charge in [-0.2, -0.15) is 0 Å². The summed E-state index contributed by atoms with van der Waals surface area (Å²) in [6.45, 7) is 11.3. The number of imidazole rings is 1. The smallest absolute Gasteiger partial charge is 0.0955 e. The minimum Gasteiger partial charge on any atom is -0.334 e. The molecule has 0 atom stereocenters. The molecule has 0 saturated carbocycles. The van der Waals surface area contributed by atoms with Crippen molar-refractivity contribution in [2.45, 2.75) is 13.8 Å². The normalized spacial score (nSPS) is 8.25. The highest BCUT2D eigenvalue weighted by molar-refractivity contribution is 5.57. The third kappa shape index (κ3) is 2.09. The van der Waals surface area contributed by atoms with Crippen molar-refractivity contribution < 1.29 is 0 Å². The molecule has 0 unspecified atom stereocenters. The Balaban J connectivity index is 0.000000561. The van der Waals surface area contributed by atoms with Crippen LogP contribution in [-0.2, 0) is 7.05 Å². The second-order valence-electron chi connectivity index (χ2n) is 2.03. The summed E-state index contributed by atoms with van der Waals surface area (Å²) >= 11 is 0. The molecule has 0 aliphatic carbocycles. The summed E-state index contributed by atoms with van der Waals surface area (Å²) in [5, 5.41) is 0. The third-order valence-electron chi connectivity index (χ3n) is 1.40. The first kappa shape index (κ1) is 10.7. The van der Waals surface area contributed by atoms with Crippen LogP contribution in [0, 0.1) is 0 Å². The maximum atomic E-state index is 4.08. The molecule has 0 bridgehead atoms. The predicted octanol–water partition coefficient (Wildman–Crippen LogP) is 2.73. The van der Waals surface area contributed by atoms with E-state index in [1.165, 1.54) is 0 Å². The lowest BCUT2D eigenvalue weighted by atomic mass is 10.3. The first-order chi connectivity index (χ1) is 5.79. The molecule has 0 aliphatic heterocycles. The second kappa shape index (κ2) is 5.35. The fourth-order valence-electron chi connectivity index (χ4n) is 0.864. The second-order valence-corrected chi connectivity index (χ2v) is 2.03. The fourth-order valence-corrected chi connectivity index (χ4v) is 0.864. The predicted molar refractivity (Wildman–Crippen MR) is 54.7 cm³/mol. The molecule has 1 heterocycles. The molecular weight excluding hydrogens is 148 g/mol. The van der Waals surface area contributed by atoms with Crippen LogP contribution in [0.2, 0.25) is 0 Å². The molecule has 2 heteroatoms. The van der Waals surface area contributed by atoms with Crippen LogP contribution in [0.25, 0.3) is 12.2 Å². The van der Waals surface area contributed by atoms with Gasteiger partial charge in [0.15, 0.2) is 0 Å². The highest BCUT2D eigenvalue weighted by Crippen LogP contribution is 2.07. The van der Waals surface area contributed by atoms with Crippen LogP contribution in [0.5, 0.6) is 0 Å². The summed E-state index contributed by atoms with van der Waals surface area (Å²) in [5.41, 5.74) is 1.90. The fraction of sp³-hybridized carbons (Fsp3) is 0.300. The average molecular weight is 164 g/mol. The van der Waals surface area contributed by atoms with Crippen LogP contribution < -0.4 is 0 Å². The molecule has 1 aromatic heterocycles. The van der Waals surface area contributed by atoms with Crippen molar-refractivity contribution in [2.75, 3.05) is 0 Å². The molecule has 2 nitrogen and oxygen atoms in total. The highest BCUT2D eigenvalue weighted by atomic mass is 15.0. The first-order valence-corrected chi connectivity index (χ1v) is 4.05. The van der Waals surface area contributed by atoms with E-state index in [1.54, 1.807) is 18.5 Å². The topological polar surface area (TPSA) is 17.8 Å². The van der Waals surface area contributed by atoms with E-state index < -0.39 is 0 Å². The quantitative estimate of drug-likeness (QED) is 0.657. The number of hydrogen-bond acceptors (Lipinski definition) is 1. The van der Waals surface area contributed by atoms with Crippen LogP contribution in [0.1, 0.15) is 25.2 Å². The lowest BCUT2D eigenvalue weighted by Gasteiger charge is -1.93. The Morgan fingerprint density at radius 2 is 1.92 bits per heavy atom. The highest BCUT2D eigenvalue weighted by Gasteiger charge is 1.98. The van der Waals surface area contributed by atoms with Gasteiger partial charge in [-0.3, -0.25) is 0 Å². The maximum absolute atomic E-state index is 4.08. The van der Waals surface area contributed by atoms with E-state index >= 15 is 0 Å². The van der Waals surface area contributed by atoms with Crippen molar-refractivity contribution in [3.63, 3.8) is 0 Å². The van der Waals surface area contributed by atoms with E-state index in [0.717, 1.165) is 11.4 Å². The zero-order valence-corrected chi connectivity index (χ0v) is 8.04. The maximum Gasteiger partial charge on any atom is 0.0955 e. The van der Waals surface area contributed by atoms with E-state index in [0.29, 0.717) is 0 Å². The van der Waals surface area contributed by atoms with Gasteiger partial charge < -0.3 is 4.57 Å². The zero-order valence-electron chi connectivity index (χ0n) is 8.04. The van der Waals surface area contributed by atoms with Gasteiger partial charge in [0.1, 0.15) is 0 Å². The van der Waals surface area contributed by atoms with E-state index in [-0.39, 0.29) is 0 Å². The Hall–Kier alpha value is -1.31. The molecule has 0 aromatic carbocycles. The molecule has 1 rings (SSSR count). The number of rotatable bonds is 2. The Morgan fingerprint density at radius 3 is 2.25 bits per heavy atom. The minimum absolute atomic E-state index is 0.887. The van der Waals surface area contributed by atoms with Gasteiger partial charge in [0, 0.05) is 7.05 Å². The summed E-state index contributed by atoms with van der Waals surface area (Å²) < 4.78 is 1.91. The molecular formula is C10H16N2. The van der Waals surface area contributed by atoms with Crippen LogP contribution in [0.15, 0.2) is 19.5 Å². The Morgan fingerprint density at radius 1 is 1.33 bits per heavy atom. The molecule has 1 aromatic rings. The van der Waals surface area contributed by atoms with Gasteiger partial charge in [-0.05, 0) is 12.2 Å². The number of hydrogen-bond donors (Lipinski definition) is 0. The van der Waals surface area contributed by atoms with Crippen molar-refractivity contribution in [2.24, 2.45) is 7.05 Å². The van der Waals surface area contributed by atoms with Crippen molar-refractivity contribution >= 4 is 12.2 Å². The summed E-state index contributed by atoms with van der Waals surface area (Å²) in [5.74, 6) is 0. The number of aryl methyl sites for hydroxylation is 1. The lowest BCUT2D eigenvalue weighted by molar-refractivity contribution is 0.902. The molecule has 0 amide bonds. The zero-order chi connectivity index (χ0) is 9.56. The van der Waals surface area contributed by atoms with Gasteiger partial charge in [0.2, 0.25) is 0 Å². The van der Waals surface area contributed by atoms with Crippen molar-refractivity contribution in [1.29, 1.82) is 0 Å². The molecule has 0 spiro atoms. The van der Waals surface area contributed by atoms with Gasteiger partial charge in [-0.15, -0.1) is 0 Å². The van der Waals surface area contributed by atoms with Gasteiger partial charge in [0.25, 0.3) is 0 Å². The number of aromatic nitrogens is 2. The van der Waals surface area contributed by atoms with Gasteiger partial charge in [-0.1, -0.05) is 27.0 Å². The van der Waals surface area contributed by atoms with Crippen molar-refractivity contribution in [3.05, 3.63) is 30.9 Å². The molecule has 0 aliphatic rings. The van der Waals surface area contributed by atoms with Crippen molar-refractivity contribution in [1.82, 2.24) is 9.55 Å². The molecule has 12 heavy (non-hydrogen) atoms. The van der Waals surface area contributed by atoms with Gasteiger partial charge >= 0.3 is 0 Å². The number of nitrogens with zero attached hydrogens (tertiary/aromatic N) is 2. The molecule has 0 fully saturated rings. The van der Waals surface area contributed by atoms with Crippen LogP contribution in [0.4, 0.5) is 0 Å². The standard InChI is InChI=1S/C8H10N2.C2H6/c1-4-7-8(5-2)10(3)6-9-7;1-2/h4-6H,1-2H2,3H3;1-2H3. The average Bonchev–Trinajstić information content (AvgIpc) is 2.49. The monoisotopic (exact) mass is 164 g/mol. The lowest BCUT2D eigenvalue weighted by Crippen LogP contribution is -1.87. The summed E-state index contributed by atoms with van der Waals surface area (Å²) in [6.07, 6.45) is 5.23. The Kier molecular flexibility index (Phi) is 4.77. The van der Waals surface area contributed by atoms with Gasteiger partial charge in [-0.25, -0.2) is 4.98 Å². The summed E-state index contributed by atoms with van der Waals surface area (Å²) in [4.78, 5) is 4.08. The summed E-state index contributed by atoms with van der Waals surface area (Å²) in [7, 11) is 1.93. The third-order valence-corrected chi connectivity index (χ3v) is 1.40. The van der Waals surface area contributed by atoms with Gasteiger partial charge in [0.05, 0.1) is 17.7 Å². The van der Waals surface area contributed by atoms with E-state index in [1.807, 2.05) is 25.5 Å². The minimum atomic E-state index is 0.887. The molecule has 0 radical (unpaired) electrons. The Labute approximate surface area is 74.3 Å². The van der Waals surface area contributed by atoms with Crippen molar-refractivity contribution in [3.8, 4) is 0 Å². The van der Waals surface area contributed by atoms with E-state index in [2.05, 4.69) is 18.1 Å². The summed E-state index contributed by atoms with van der Waals surface area (Å²) in [6, 6.07) is 0. The Bertz CT molecular complexity index is 259. The van der Waals surface area contributed by atoms with E-state index in [9.17, 15) is 0 Å². The molecule has 66 valence electrons. The largest absolute Gasteiger partial charge is 0.334 e. The van der Waals surface area contributed by atoms with Crippen LogP contribution in [0.3, 0.4) is 0 Å².